The fourth-order valence-corrected chi connectivity index (χ4v) is 5.96. The standard InChI is InChI=1S/C28H36N2O4/c1-5-15-30-16-14-27(23-7-6-8-25(18-23)32-3)19-24(11-13-28(27,20-30)33-4)29-26(31)10-9-22-12-17-34-21(22)2/h5-10,12,17-18,24H,1,11,13-16,19-20H2,2-4H3,(H,29,31)/b10-9+/t24-,27-,28-/m0/s1. The molecule has 1 N–H and O–H groups in total. The summed E-state index contributed by atoms with van der Waals surface area (Å²) in [5.74, 6) is 1.56. The quantitative estimate of drug-likeness (QED) is 0.461. The molecule has 0 spiro atoms. The first-order valence-electron chi connectivity index (χ1n) is 12.0. The molecular weight excluding hydrogens is 428 g/mol. The maximum Gasteiger partial charge on any atom is 0.244 e. The van der Waals surface area contributed by atoms with Crippen LogP contribution in [0.5, 0.6) is 5.75 Å². The highest BCUT2D eigenvalue weighted by Gasteiger charge is 2.58. The van der Waals surface area contributed by atoms with Crippen LogP contribution in [0.2, 0.25) is 0 Å². The lowest BCUT2D eigenvalue weighted by Crippen LogP contribution is -2.67. The summed E-state index contributed by atoms with van der Waals surface area (Å²) in [7, 11) is 3.53. The van der Waals surface area contributed by atoms with Gasteiger partial charge in [-0.2, -0.15) is 0 Å². The van der Waals surface area contributed by atoms with Crippen LogP contribution in [0.15, 0.2) is 59.7 Å². The van der Waals surface area contributed by atoms with Crippen molar-refractivity contribution in [2.75, 3.05) is 33.9 Å². The Morgan fingerprint density at radius 2 is 2.18 bits per heavy atom. The van der Waals surface area contributed by atoms with Crippen molar-refractivity contribution < 1.29 is 18.7 Å². The van der Waals surface area contributed by atoms with Gasteiger partial charge in [0, 0.05) is 43.3 Å². The summed E-state index contributed by atoms with van der Waals surface area (Å²) in [6.45, 7) is 8.46. The zero-order chi connectivity index (χ0) is 24.2. The van der Waals surface area contributed by atoms with Crippen LogP contribution in [0.25, 0.3) is 6.08 Å². The third-order valence-corrected chi connectivity index (χ3v) is 7.76. The number of methoxy groups -OCH3 is 2. The number of carbonyl (C=O) groups is 1. The Balaban J connectivity index is 1.61. The number of rotatable bonds is 8. The smallest absolute Gasteiger partial charge is 0.244 e. The molecule has 1 amide bonds. The molecule has 1 saturated carbocycles. The number of nitrogens with one attached hydrogen (secondary N) is 1. The predicted molar refractivity (Wildman–Crippen MR) is 134 cm³/mol. The number of ether oxygens (including phenoxy) is 2. The van der Waals surface area contributed by atoms with Crippen LogP contribution in [-0.4, -0.2) is 56.3 Å². The van der Waals surface area contributed by atoms with E-state index in [1.807, 2.05) is 38.3 Å². The normalized spacial score (nSPS) is 27.3. The first kappa shape index (κ1) is 24.3. The number of furan rings is 1. The van der Waals surface area contributed by atoms with E-state index in [-0.39, 0.29) is 23.0 Å². The fourth-order valence-electron chi connectivity index (χ4n) is 5.96. The molecule has 1 aromatic heterocycles. The number of nitrogens with zero attached hydrogens (tertiary/aromatic N) is 1. The second-order valence-electron chi connectivity index (χ2n) is 9.50. The third kappa shape index (κ3) is 4.57. The van der Waals surface area contributed by atoms with Gasteiger partial charge in [-0.1, -0.05) is 18.2 Å². The number of carbonyl (C=O) groups excluding carboxylic acids is 1. The molecule has 1 aliphatic carbocycles. The number of piperidine rings is 1. The van der Waals surface area contributed by atoms with Gasteiger partial charge in [0.05, 0.1) is 19.0 Å². The van der Waals surface area contributed by atoms with Crippen molar-refractivity contribution in [3.63, 3.8) is 0 Å². The molecule has 6 nitrogen and oxygen atoms in total. The van der Waals surface area contributed by atoms with Gasteiger partial charge in [-0.05, 0) is 69.0 Å². The van der Waals surface area contributed by atoms with Crippen LogP contribution in [0.3, 0.4) is 0 Å². The average molecular weight is 465 g/mol. The predicted octanol–water partition coefficient (Wildman–Crippen LogP) is 4.49. The number of amides is 1. The first-order chi connectivity index (χ1) is 16.4. The van der Waals surface area contributed by atoms with Crippen LogP contribution in [0.1, 0.15) is 42.6 Å². The van der Waals surface area contributed by atoms with E-state index in [0.717, 1.165) is 62.4 Å². The molecule has 1 aliphatic heterocycles. The van der Waals surface area contributed by atoms with E-state index in [1.165, 1.54) is 5.56 Å². The summed E-state index contributed by atoms with van der Waals surface area (Å²) in [6, 6.07) is 10.3. The van der Waals surface area contributed by atoms with E-state index in [4.69, 9.17) is 13.9 Å². The van der Waals surface area contributed by atoms with E-state index in [2.05, 4.69) is 35.0 Å². The topological polar surface area (TPSA) is 63.9 Å². The van der Waals surface area contributed by atoms with Crippen LogP contribution < -0.4 is 10.1 Å². The Bertz CT molecular complexity index is 1040. The van der Waals surface area contributed by atoms with Gasteiger partial charge >= 0.3 is 0 Å². The maximum atomic E-state index is 12.8. The molecule has 1 saturated heterocycles. The molecule has 34 heavy (non-hydrogen) atoms. The minimum Gasteiger partial charge on any atom is -0.497 e. The molecule has 6 heteroatoms. The molecule has 0 bridgehead atoms. The number of fused-ring (bicyclic) bond motifs is 1. The lowest BCUT2D eigenvalue weighted by Gasteiger charge is -2.59. The van der Waals surface area contributed by atoms with Crippen molar-refractivity contribution in [2.45, 2.75) is 49.7 Å². The molecule has 182 valence electrons. The van der Waals surface area contributed by atoms with Crippen molar-refractivity contribution >= 4 is 12.0 Å². The van der Waals surface area contributed by atoms with Crippen molar-refractivity contribution in [3.05, 3.63) is 72.2 Å². The van der Waals surface area contributed by atoms with Gasteiger partial charge in [0.1, 0.15) is 11.5 Å². The molecule has 2 aliphatic rings. The highest BCUT2D eigenvalue weighted by molar-refractivity contribution is 5.92. The second kappa shape index (κ2) is 10.2. The average Bonchev–Trinajstić information content (AvgIpc) is 3.27. The number of aryl methyl sites for hydroxylation is 1. The number of likely N-dealkylation sites (tertiary alicyclic amines) is 1. The minimum absolute atomic E-state index is 0.0584. The molecule has 2 fully saturated rings. The van der Waals surface area contributed by atoms with Crippen molar-refractivity contribution in [1.82, 2.24) is 10.2 Å². The molecule has 2 heterocycles. The lowest BCUT2D eigenvalue weighted by molar-refractivity contribution is -0.148. The molecule has 3 atom stereocenters. The van der Waals surface area contributed by atoms with Crippen molar-refractivity contribution in [3.8, 4) is 5.75 Å². The van der Waals surface area contributed by atoms with Crippen LogP contribution in [0.4, 0.5) is 0 Å². The summed E-state index contributed by atoms with van der Waals surface area (Å²) >= 11 is 0. The van der Waals surface area contributed by atoms with Crippen LogP contribution in [-0.2, 0) is 14.9 Å². The van der Waals surface area contributed by atoms with E-state index < -0.39 is 0 Å². The molecule has 2 aromatic rings. The van der Waals surface area contributed by atoms with Gasteiger partial charge in [0.2, 0.25) is 5.91 Å². The first-order valence-corrected chi connectivity index (χ1v) is 12.0. The van der Waals surface area contributed by atoms with Gasteiger partial charge in [-0.15, -0.1) is 6.58 Å². The number of hydrogen-bond acceptors (Lipinski definition) is 5. The van der Waals surface area contributed by atoms with Gasteiger partial charge in [0.15, 0.2) is 0 Å². The summed E-state index contributed by atoms with van der Waals surface area (Å²) in [5.41, 5.74) is 1.57. The molecule has 4 rings (SSSR count). The second-order valence-corrected chi connectivity index (χ2v) is 9.50. The summed E-state index contributed by atoms with van der Waals surface area (Å²) in [5, 5.41) is 3.26. The monoisotopic (exact) mass is 464 g/mol. The van der Waals surface area contributed by atoms with Gasteiger partial charge in [-0.3, -0.25) is 9.69 Å². The Morgan fingerprint density at radius 3 is 2.88 bits per heavy atom. The molecule has 0 unspecified atom stereocenters. The van der Waals surface area contributed by atoms with Crippen LogP contribution in [0, 0.1) is 6.92 Å². The zero-order valence-electron chi connectivity index (χ0n) is 20.5. The zero-order valence-corrected chi connectivity index (χ0v) is 20.5. The van der Waals surface area contributed by atoms with Crippen molar-refractivity contribution in [2.24, 2.45) is 0 Å². The van der Waals surface area contributed by atoms with Gasteiger partial charge in [-0.25, -0.2) is 0 Å². The Hall–Kier alpha value is -2.83. The van der Waals surface area contributed by atoms with E-state index in [1.54, 1.807) is 19.4 Å². The van der Waals surface area contributed by atoms with E-state index >= 15 is 0 Å². The van der Waals surface area contributed by atoms with E-state index in [0.29, 0.717) is 0 Å². The Labute approximate surface area is 202 Å². The summed E-state index contributed by atoms with van der Waals surface area (Å²) in [6.07, 6.45) is 10.5. The van der Waals surface area contributed by atoms with Crippen LogP contribution >= 0.6 is 0 Å². The van der Waals surface area contributed by atoms with Crippen molar-refractivity contribution in [1.29, 1.82) is 0 Å². The highest BCUT2D eigenvalue weighted by Crippen LogP contribution is 2.53. The fraction of sp³-hybridized carbons (Fsp3) is 0.464. The largest absolute Gasteiger partial charge is 0.497 e. The Kier molecular flexibility index (Phi) is 7.29. The van der Waals surface area contributed by atoms with Gasteiger partial charge < -0.3 is 19.2 Å². The lowest BCUT2D eigenvalue weighted by atomic mass is 9.55. The summed E-state index contributed by atoms with van der Waals surface area (Å²) in [4.78, 5) is 15.2. The maximum absolute atomic E-state index is 12.8. The SMILES string of the molecule is C=CCN1CC[C@@]2(c3cccc(OC)c3)C[C@@H](NC(=O)/C=C/c3ccoc3C)CC[C@]2(OC)C1. The minimum atomic E-state index is -0.342. The molecule has 0 radical (unpaired) electrons. The molecule has 1 aromatic carbocycles. The third-order valence-electron chi connectivity index (χ3n) is 7.76. The molecular formula is C28H36N2O4. The highest BCUT2D eigenvalue weighted by atomic mass is 16.5. The number of hydrogen-bond donors (Lipinski definition) is 1. The number of benzene rings is 1. The van der Waals surface area contributed by atoms with E-state index in [9.17, 15) is 4.79 Å². The van der Waals surface area contributed by atoms with Gasteiger partial charge in [0.25, 0.3) is 0 Å². The summed E-state index contributed by atoms with van der Waals surface area (Å²) < 4.78 is 17.3. The Morgan fingerprint density at radius 1 is 1.32 bits per heavy atom.